The molecule has 5 heteroatoms. The van der Waals surface area contributed by atoms with Crippen LogP contribution >= 0.6 is 0 Å². The van der Waals surface area contributed by atoms with Crippen LogP contribution < -0.4 is 0 Å². The van der Waals surface area contributed by atoms with Gasteiger partial charge in [-0.2, -0.15) is 5.10 Å². The van der Waals surface area contributed by atoms with Crippen LogP contribution in [0.1, 0.15) is 18.4 Å². The number of aromatic nitrogens is 2. The average molecular weight is 237 g/mol. The highest BCUT2D eigenvalue weighted by atomic mass is 16.4. The predicted octanol–water partition coefficient (Wildman–Crippen LogP) is 0.759. The lowest BCUT2D eigenvalue weighted by molar-refractivity contribution is -0.138. The molecule has 1 fully saturated rings. The number of carboxylic acid groups (broad SMARTS) is 1. The Morgan fingerprint density at radius 2 is 2.41 bits per heavy atom. The van der Waals surface area contributed by atoms with E-state index in [4.69, 9.17) is 5.11 Å². The number of aryl methyl sites for hydroxylation is 1. The summed E-state index contributed by atoms with van der Waals surface area (Å²) in [7, 11) is 1.89. The highest BCUT2D eigenvalue weighted by molar-refractivity contribution is 5.69. The summed E-state index contributed by atoms with van der Waals surface area (Å²) in [4.78, 5) is 12.8. The molecule has 0 aliphatic heterocycles. The Morgan fingerprint density at radius 1 is 1.65 bits per heavy atom. The Bertz CT molecular complexity index is 385. The molecule has 1 N–H and O–H groups in total. The van der Waals surface area contributed by atoms with Gasteiger partial charge in [0.1, 0.15) is 0 Å². The molecule has 0 saturated heterocycles. The summed E-state index contributed by atoms with van der Waals surface area (Å²) >= 11 is 0. The first kappa shape index (κ1) is 12.1. The van der Waals surface area contributed by atoms with Crippen molar-refractivity contribution in [3.05, 3.63) is 18.0 Å². The van der Waals surface area contributed by atoms with Crippen molar-refractivity contribution in [1.29, 1.82) is 0 Å². The molecule has 0 unspecified atom stereocenters. The number of hydrogen-bond acceptors (Lipinski definition) is 3. The highest BCUT2D eigenvalue weighted by Crippen LogP contribution is 2.29. The van der Waals surface area contributed by atoms with Gasteiger partial charge in [-0.1, -0.05) is 0 Å². The van der Waals surface area contributed by atoms with Gasteiger partial charge in [0.05, 0.1) is 12.7 Å². The van der Waals surface area contributed by atoms with Gasteiger partial charge in [-0.05, 0) is 30.7 Å². The fourth-order valence-corrected chi connectivity index (χ4v) is 1.98. The molecule has 17 heavy (non-hydrogen) atoms. The lowest BCUT2D eigenvalue weighted by atomic mass is 10.2. The minimum absolute atomic E-state index is 0.150. The van der Waals surface area contributed by atoms with Gasteiger partial charge < -0.3 is 5.11 Å². The number of hydrogen-bond donors (Lipinski definition) is 1. The summed E-state index contributed by atoms with van der Waals surface area (Å²) in [6.45, 7) is 1.87. The van der Waals surface area contributed by atoms with Crippen molar-refractivity contribution in [2.24, 2.45) is 13.0 Å². The first-order valence-electron chi connectivity index (χ1n) is 6.05. The van der Waals surface area contributed by atoms with Gasteiger partial charge in [-0.25, -0.2) is 0 Å². The second-order valence-corrected chi connectivity index (χ2v) is 4.84. The first-order chi connectivity index (χ1) is 8.13. The van der Waals surface area contributed by atoms with Crippen LogP contribution in [-0.2, 0) is 18.3 Å². The molecule has 0 amide bonds. The quantitative estimate of drug-likeness (QED) is 0.760. The van der Waals surface area contributed by atoms with E-state index in [-0.39, 0.29) is 6.54 Å². The van der Waals surface area contributed by atoms with E-state index in [1.165, 1.54) is 18.4 Å². The van der Waals surface area contributed by atoms with Gasteiger partial charge in [-0.3, -0.25) is 14.4 Å². The van der Waals surface area contributed by atoms with Crippen molar-refractivity contribution in [1.82, 2.24) is 14.7 Å². The lowest BCUT2D eigenvalue weighted by Gasteiger charge is -2.19. The van der Waals surface area contributed by atoms with Crippen molar-refractivity contribution >= 4 is 5.97 Å². The number of carbonyl (C=O) groups is 1. The van der Waals surface area contributed by atoms with E-state index in [1.54, 1.807) is 4.68 Å². The third kappa shape index (κ3) is 4.19. The average Bonchev–Trinajstić information content (AvgIpc) is 2.96. The summed E-state index contributed by atoms with van der Waals surface area (Å²) in [5.41, 5.74) is 1.17. The maximum Gasteiger partial charge on any atom is 0.317 e. The molecule has 1 saturated carbocycles. The van der Waals surface area contributed by atoms with Crippen molar-refractivity contribution in [2.75, 3.05) is 19.6 Å². The zero-order valence-electron chi connectivity index (χ0n) is 10.2. The molecule has 2 rings (SSSR count). The van der Waals surface area contributed by atoms with Gasteiger partial charge in [-0.15, -0.1) is 0 Å². The van der Waals surface area contributed by atoms with Gasteiger partial charge in [0, 0.05) is 26.3 Å². The Hall–Kier alpha value is -1.36. The second-order valence-electron chi connectivity index (χ2n) is 4.84. The maximum absolute atomic E-state index is 10.8. The van der Waals surface area contributed by atoms with Crippen LogP contribution in [0.4, 0.5) is 0 Å². The van der Waals surface area contributed by atoms with Gasteiger partial charge in [0.25, 0.3) is 0 Å². The van der Waals surface area contributed by atoms with Crippen molar-refractivity contribution in [3.63, 3.8) is 0 Å². The minimum Gasteiger partial charge on any atom is -0.480 e. The molecule has 1 heterocycles. The zero-order valence-corrected chi connectivity index (χ0v) is 10.2. The molecular weight excluding hydrogens is 218 g/mol. The van der Waals surface area contributed by atoms with E-state index in [1.807, 2.05) is 24.3 Å². The Balaban J connectivity index is 1.81. The summed E-state index contributed by atoms with van der Waals surface area (Å²) in [6.07, 6.45) is 7.20. The zero-order chi connectivity index (χ0) is 12.3. The SMILES string of the molecule is Cn1cc(CCN(CC(=O)O)CC2CC2)cn1. The molecule has 1 aromatic heterocycles. The number of rotatable bonds is 7. The van der Waals surface area contributed by atoms with Crippen LogP contribution in [0.5, 0.6) is 0 Å². The van der Waals surface area contributed by atoms with Gasteiger partial charge >= 0.3 is 5.97 Å². The first-order valence-corrected chi connectivity index (χ1v) is 6.05. The monoisotopic (exact) mass is 237 g/mol. The smallest absolute Gasteiger partial charge is 0.317 e. The standard InChI is InChI=1S/C12H19N3O2/c1-14-7-11(6-13-14)4-5-15(9-12(16)17)8-10-2-3-10/h6-7,10H,2-5,8-9H2,1H3,(H,16,17). The number of nitrogens with zero attached hydrogens (tertiary/aromatic N) is 3. The largest absolute Gasteiger partial charge is 0.480 e. The summed E-state index contributed by atoms with van der Waals surface area (Å²) in [6, 6.07) is 0. The summed E-state index contributed by atoms with van der Waals surface area (Å²) < 4.78 is 1.78. The van der Waals surface area contributed by atoms with E-state index in [0.29, 0.717) is 0 Å². The molecule has 94 valence electrons. The molecule has 1 aliphatic carbocycles. The predicted molar refractivity (Wildman–Crippen MR) is 63.7 cm³/mol. The summed E-state index contributed by atoms with van der Waals surface area (Å²) in [5, 5.41) is 13.0. The Labute approximate surface area is 101 Å². The van der Waals surface area contributed by atoms with E-state index in [2.05, 4.69) is 5.10 Å². The fourth-order valence-electron chi connectivity index (χ4n) is 1.98. The molecule has 1 aliphatic rings. The third-order valence-corrected chi connectivity index (χ3v) is 3.05. The molecule has 0 atom stereocenters. The number of aliphatic carboxylic acids is 1. The highest BCUT2D eigenvalue weighted by Gasteiger charge is 2.25. The normalized spacial score (nSPS) is 15.4. The van der Waals surface area contributed by atoms with E-state index in [9.17, 15) is 4.79 Å². The summed E-state index contributed by atoms with van der Waals surface area (Å²) in [5.74, 6) is -0.0138. The third-order valence-electron chi connectivity index (χ3n) is 3.05. The molecule has 0 radical (unpaired) electrons. The van der Waals surface area contributed by atoms with Crippen molar-refractivity contribution in [2.45, 2.75) is 19.3 Å². The molecule has 0 bridgehead atoms. The Morgan fingerprint density at radius 3 is 2.94 bits per heavy atom. The molecule has 0 spiro atoms. The molecular formula is C12H19N3O2. The van der Waals surface area contributed by atoms with Crippen LogP contribution in [0.2, 0.25) is 0 Å². The molecule has 0 aromatic carbocycles. The van der Waals surface area contributed by atoms with Crippen LogP contribution in [0.3, 0.4) is 0 Å². The van der Waals surface area contributed by atoms with Crippen molar-refractivity contribution in [3.8, 4) is 0 Å². The van der Waals surface area contributed by atoms with Crippen LogP contribution in [0, 0.1) is 5.92 Å². The van der Waals surface area contributed by atoms with Crippen LogP contribution in [0.25, 0.3) is 0 Å². The van der Waals surface area contributed by atoms with Crippen LogP contribution in [-0.4, -0.2) is 45.4 Å². The maximum atomic E-state index is 10.8. The molecule has 5 nitrogen and oxygen atoms in total. The molecule has 1 aromatic rings. The number of carboxylic acids is 1. The van der Waals surface area contributed by atoms with E-state index >= 15 is 0 Å². The topological polar surface area (TPSA) is 58.4 Å². The lowest BCUT2D eigenvalue weighted by Crippen LogP contribution is -2.33. The van der Waals surface area contributed by atoms with E-state index < -0.39 is 5.97 Å². The Kier molecular flexibility index (Phi) is 3.78. The van der Waals surface area contributed by atoms with Crippen LogP contribution in [0.15, 0.2) is 12.4 Å². The fraction of sp³-hybridized carbons (Fsp3) is 0.667. The minimum atomic E-state index is -0.739. The second kappa shape index (κ2) is 5.31. The van der Waals surface area contributed by atoms with Gasteiger partial charge in [0.15, 0.2) is 0 Å². The van der Waals surface area contributed by atoms with Gasteiger partial charge in [0.2, 0.25) is 0 Å². The van der Waals surface area contributed by atoms with E-state index in [0.717, 1.165) is 25.4 Å². The van der Waals surface area contributed by atoms with Crippen molar-refractivity contribution < 1.29 is 9.90 Å².